The van der Waals surface area contributed by atoms with Crippen LogP contribution in [0.15, 0.2) is 11.6 Å². The summed E-state index contributed by atoms with van der Waals surface area (Å²) in [4.78, 5) is 27.3. The van der Waals surface area contributed by atoms with E-state index in [1.807, 2.05) is 6.92 Å². The van der Waals surface area contributed by atoms with E-state index in [-0.39, 0.29) is 0 Å². The summed E-state index contributed by atoms with van der Waals surface area (Å²) in [6.45, 7) is 2.01. The van der Waals surface area contributed by atoms with Gasteiger partial charge < -0.3 is 10.4 Å². The van der Waals surface area contributed by atoms with Crippen molar-refractivity contribution in [2.75, 3.05) is 5.32 Å². The molecule has 1 saturated carbocycles. The van der Waals surface area contributed by atoms with Crippen molar-refractivity contribution in [3.05, 3.63) is 11.6 Å². The molecule has 1 aromatic heterocycles. The van der Waals surface area contributed by atoms with Crippen LogP contribution in [-0.4, -0.2) is 27.6 Å². The van der Waals surface area contributed by atoms with Crippen molar-refractivity contribution in [2.24, 2.45) is 5.92 Å². The Labute approximate surface area is 115 Å². The van der Waals surface area contributed by atoms with Crippen molar-refractivity contribution in [2.45, 2.75) is 38.1 Å². The Morgan fingerprint density at radius 3 is 2.95 bits per heavy atom. The summed E-state index contributed by atoms with van der Waals surface area (Å²) in [5, 5.41) is 16.8. The summed E-state index contributed by atoms with van der Waals surface area (Å²) in [5.41, 5.74) is -1.15. The van der Waals surface area contributed by atoms with E-state index in [0.717, 1.165) is 12.8 Å². The Morgan fingerprint density at radius 1 is 1.58 bits per heavy atom. The number of rotatable bonds is 3. The molecule has 0 aliphatic heterocycles. The molecule has 1 aliphatic rings. The highest BCUT2D eigenvalue weighted by Gasteiger charge is 2.43. The highest BCUT2D eigenvalue weighted by Crippen LogP contribution is 2.32. The molecule has 0 radical (unpaired) electrons. The second-order valence-corrected chi connectivity index (χ2v) is 5.90. The van der Waals surface area contributed by atoms with Crippen molar-refractivity contribution in [3.63, 3.8) is 0 Å². The topological polar surface area (TPSA) is 91.3 Å². The minimum Gasteiger partial charge on any atom is -0.480 e. The number of carbonyl (C=O) groups is 2. The fourth-order valence-electron chi connectivity index (χ4n) is 2.54. The van der Waals surface area contributed by atoms with Crippen LogP contribution >= 0.6 is 11.3 Å². The Morgan fingerprint density at radius 2 is 2.37 bits per heavy atom. The van der Waals surface area contributed by atoms with Crippen molar-refractivity contribution in [1.29, 1.82) is 0 Å². The molecule has 1 heterocycles. The SMILES string of the molecule is CC1CCCC(NC(=O)Nc2nccs2)(C(=O)O)C1. The monoisotopic (exact) mass is 283 g/mol. The number of thiazole rings is 1. The number of urea groups is 1. The number of aliphatic carboxylic acids is 1. The molecule has 19 heavy (non-hydrogen) atoms. The normalized spacial score (nSPS) is 26.7. The predicted molar refractivity (Wildman–Crippen MR) is 72.3 cm³/mol. The molecule has 1 aromatic rings. The molecule has 2 atom stereocenters. The summed E-state index contributed by atoms with van der Waals surface area (Å²) >= 11 is 1.29. The standard InChI is InChI=1S/C12H17N3O3S/c1-8-3-2-4-12(7-8,9(16)17)15-10(18)14-11-13-5-6-19-11/h5-6,8H,2-4,7H2,1H3,(H,16,17)(H2,13,14,15,18). The van der Waals surface area contributed by atoms with Gasteiger partial charge in [0, 0.05) is 11.6 Å². The highest BCUT2D eigenvalue weighted by atomic mass is 32.1. The largest absolute Gasteiger partial charge is 0.480 e. The average Bonchev–Trinajstić information content (AvgIpc) is 2.81. The van der Waals surface area contributed by atoms with Crippen LogP contribution in [0.5, 0.6) is 0 Å². The molecule has 0 spiro atoms. The maximum Gasteiger partial charge on any atom is 0.329 e. The van der Waals surface area contributed by atoms with E-state index < -0.39 is 17.5 Å². The Balaban J connectivity index is 2.04. The van der Waals surface area contributed by atoms with Crippen LogP contribution in [0.4, 0.5) is 9.93 Å². The minimum absolute atomic E-state index is 0.296. The summed E-state index contributed by atoms with van der Waals surface area (Å²) < 4.78 is 0. The maximum atomic E-state index is 11.9. The van der Waals surface area contributed by atoms with E-state index in [1.165, 1.54) is 11.3 Å². The van der Waals surface area contributed by atoms with E-state index in [0.29, 0.717) is 23.9 Å². The molecule has 2 unspecified atom stereocenters. The molecule has 0 saturated heterocycles. The first-order chi connectivity index (χ1) is 9.02. The van der Waals surface area contributed by atoms with Crippen molar-refractivity contribution < 1.29 is 14.7 Å². The fourth-order valence-corrected chi connectivity index (χ4v) is 3.07. The number of nitrogens with one attached hydrogen (secondary N) is 2. The Hall–Kier alpha value is -1.63. The van der Waals surface area contributed by atoms with Crippen LogP contribution in [-0.2, 0) is 4.79 Å². The number of hydrogen-bond acceptors (Lipinski definition) is 4. The summed E-state index contributed by atoms with van der Waals surface area (Å²) in [7, 11) is 0. The van der Waals surface area contributed by atoms with Gasteiger partial charge in [-0.2, -0.15) is 0 Å². The van der Waals surface area contributed by atoms with Crippen LogP contribution in [0.2, 0.25) is 0 Å². The third-order valence-electron chi connectivity index (χ3n) is 3.41. The Bertz CT molecular complexity index is 463. The second-order valence-electron chi connectivity index (χ2n) is 5.01. The number of carboxylic acids is 1. The summed E-state index contributed by atoms with van der Waals surface area (Å²) in [5.74, 6) is -0.668. The summed E-state index contributed by atoms with van der Waals surface area (Å²) in [6.07, 6.45) is 4.33. The molecular weight excluding hydrogens is 266 g/mol. The predicted octanol–water partition coefficient (Wildman–Crippen LogP) is 2.30. The molecule has 1 fully saturated rings. The lowest BCUT2D eigenvalue weighted by Crippen LogP contribution is -2.57. The number of hydrogen-bond donors (Lipinski definition) is 3. The molecule has 0 aromatic carbocycles. The van der Waals surface area contributed by atoms with Gasteiger partial charge in [-0.25, -0.2) is 14.6 Å². The van der Waals surface area contributed by atoms with Gasteiger partial charge in [0.15, 0.2) is 5.13 Å². The zero-order chi connectivity index (χ0) is 13.9. The zero-order valence-corrected chi connectivity index (χ0v) is 11.5. The van der Waals surface area contributed by atoms with Gasteiger partial charge >= 0.3 is 12.0 Å². The van der Waals surface area contributed by atoms with Crippen molar-refractivity contribution >= 4 is 28.5 Å². The van der Waals surface area contributed by atoms with E-state index in [4.69, 9.17) is 0 Å². The van der Waals surface area contributed by atoms with Crippen LogP contribution in [0.3, 0.4) is 0 Å². The minimum atomic E-state index is -1.15. The van der Waals surface area contributed by atoms with Crippen LogP contribution in [0.25, 0.3) is 0 Å². The summed E-state index contributed by atoms with van der Waals surface area (Å²) in [6, 6.07) is -0.508. The van der Waals surface area contributed by atoms with Gasteiger partial charge in [0.1, 0.15) is 5.54 Å². The first kappa shape index (κ1) is 13.8. The van der Waals surface area contributed by atoms with Gasteiger partial charge in [-0.3, -0.25) is 5.32 Å². The molecule has 1 aliphatic carbocycles. The first-order valence-corrected chi connectivity index (χ1v) is 7.12. The quantitative estimate of drug-likeness (QED) is 0.793. The molecule has 6 nitrogen and oxygen atoms in total. The molecule has 3 N–H and O–H groups in total. The van der Waals surface area contributed by atoms with Gasteiger partial charge in [-0.15, -0.1) is 11.3 Å². The van der Waals surface area contributed by atoms with Gasteiger partial charge in [-0.1, -0.05) is 19.8 Å². The number of carbonyl (C=O) groups excluding carboxylic acids is 1. The first-order valence-electron chi connectivity index (χ1n) is 6.24. The maximum absolute atomic E-state index is 11.9. The van der Waals surface area contributed by atoms with E-state index in [2.05, 4.69) is 15.6 Å². The third-order valence-corrected chi connectivity index (χ3v) is 4.10. The molecule has 2 amide bonds. The fraction of sp³-hybridized carbons (Fsp3) is 0.583. The zero-order valence-electron chi connectivity index (χ0n) is 10.7. The Kier molecular flexibility index (Phi) is 4.04. The third kappa shape index (κ3) is 3.23. The highest BCUT2D eigenvalue weighted by molar-refractivity contribution is 7.13. The van der Waals surface area contributed by atoms with Crippen molar-refractivity contribution in [1.82, 2.24) is 10.3 Å². The van der Waals surface area contributed by atoms with Gasteiger partial charge in [0.05, 0.1) is 0 Å². The number of nitrogens with zero attached hydrogens (tertiary/aromatic N) is 1. The van der Waals surface area contributed by atoms with Crippen molar-refractivity contribution in [3.8, 4) is 0 Å². The molecular formula is C12H17N3O3S. The second kappa shape index (κ2) is 5.56. The molecule has 104 valence electrons. The van der Waals surface area contributed by atoms with E-state index in [9.17, 15) is 14.7 Å². The molecule has 2 rings (SSSR count). The smallest absolute Gasteiger partial charge is 0.329 e. The number of carboxylic acid groups (broad SMARTS) is 1. The van der Waals surface area contributed by atoms with Gasteiger partial charge in [0.25, 0.3) is 0 Å². The average molecular weight is 283 g/mol. The lowest BCUT2D eigenvalue weighted by molar-refractivity contribution is -0.146. The van der Waals surface area contributed by atoms with Gasteiger partial charge in [-0.05, 0) is 18.8 Å². The van der Waals surface area contributed by atoms with E-state index >= 15 is 0 Å². The molecule has 0 bridgehead atoms. The molecule has 7 heteroatoms. The number of amides is 2. The van der Waals surface area contributed by atoms with Crippen LogP contribution in [0.1, 0.15) is 32.6 Å². The number of aromatic nitrogens is 1. The lowest BCUT2D eigenvalue weighted by atomic mass is 9.76. The van der Waals surface area contributed by atoms with E-state index in [1.54, 1.807) is 11.6 Å². The van der Waals surface area contributed by atoms with Gasteiger partial charge in [0.2, 0.25) is 0 Å². The van der Waals surface area contributed by atoms with Crippen LogP contribution in [0, 0.1) is 5.92 Å². The lowest BCUT2D eigenvalue weighted by Gasteiger charge is -2.36. The number of anilines is 1. The van der Waals surface area contributed by atoms with Crippen LogP contribution < -0.4 is 10.6 Å².